The number of halogens is 2. The van der Waals surface area contributed by atoms with E-state index < -0.39 is 0 Å². The monoisotopic (exact) mass is 364 g/mol. The molecule has 1 aliphatic heterocycles. The van der Waals surface area contributed by atoms with E-state index >= 15 is 0 Å². The van der Waals surface area contributed by atoms with Gasteiger partial charge in [0, 0.05) is 18.8 Å². The van der Waals surface area contributed by atoms with Crippen LogP contribution >= 0.6 is 12.2 Å². The molecule has 0 radical (unpaired) electrons. The summed E-state index contributed by atoms with van der Waals surface area (Å²) >= 11 is 5.42. The lowest BCUT2D eigenvalue weighted by Gasteiger charge is -2.34. The fraction of sp³-hybridized carbons (Fsp3) is 0.278. The van der Waals surface area contributed by atoms with Gasteiger partial charge in [-0.2, -0.15) is 0 Å². The van der Waals surface area contributed by atoms with Crippen molar-refractivity contribution in [1.29, 1.82) is 0 Å². The highest BCUT2D eigenvalue weighted by Crippen LogP contribution is 2.15. The summed E-state index contributed by atoms with van der Waals surface area (Å²) in [6.07, 6.45) is -0.147. The number of benzene rings is 2. The van der Waals surface area contributed by atoms with E-state index in [9.17, 15) is 8.78 Å². The molecule has 2 aromatic rings. The zero-order valence-electron chi connectivity index (χ0n) is 13.5. The molecule has 0 spiro atoms. The molecule has 0 amide bonds. The van der Waals surface area contributed by atoms with E-state index in [0.717, 1.165) is 5.69 Å². The van der Waals surface area contributed by atoms with Crippen molar-refractivity contribution in [2.45, 2.75) is 6.10 Å². The second-order valence-corrected chi connectivity index (χ2v) is 6.03. The van der Waals surface area contributed by atoms with Crippen LogP contribution in [0.15, 0.2) is 48.5 Å². The summed E-state index contributed by atoms with van der Waals surface area (Å²) in [5.41, 5.74) is 0.733. The highest BCUT2D eigenvalue weighted by molar-refractivity contribution is 7.80. The zero-order valence-corrected chi connectivity index (χ0v) is 14.3. The van der Waals surface area contributed by atoms with Gasteiger partial charge in [0.15, 0.2) is 5.11 Å². The van der Waals surface area contributed by atoms with Crippen LogP contribution in [0.2, 0.25) is 0 Å². The smallest absolute Gasteiger partial charge is 0.173 e. The van der Waals surface area contributed by atoms with Gasteiger partial charge in [-0.1, -0.05) is 0 Å². The molecule has 1 saturated heterocycles. The predicted molar refractivity (Wildman–Crippen MR) is 95.8 cm³/mol. The van der Waals surface area contributed by atoms with Crippen LogP contribution < -0.4 is 10.1 Å². The van der Waals surface area contributed by atoms with Crippen LogP contribution in [-0.2, 0) is 4.74 Å². The summed E-state index contributed by atoms with van der Waals surface area (Å²) in [6, 6.07) is 11.9. The van der Waals surface area contributed by atoms with Crippen molar-refractivity contribution < 1.29 is 18.3 Å². The Bertz CT molecular complexity index is 710. The third-order valence-electron chi connectivity index (χ3n) is 3.77. The molecule has 1 heterocycles. The molecule has 1 unspecified atom stereocenters. The van der Waals surface area contributed by atoms with Crippen molar-refractivity contribution in [2.24, 2.45) is 0 Å². The first-order chi connectivity index (χ1) is 12.1. The number of nitrogens with one attached hydrogen (secondary N) is 1. The Labute approximate surface area is 150 Å². The molecular formula is C18H18F2N2O2S. The molecule has 0 aromatic heterocycles. The van der Waals surface area contributed by atoms with Gasteiger partial charge in [-0.15, -0.1) is 0 Å². The number of hydrogen-bond acceptors (Lipinski definition) is 3. The van der Waals surface area contributed by atoms with Gasteiger partial charge in [-0.05, 0) is 60.7 Å². The molecule has 1 aliphatic rings. The molecule has 7 heteroatoms. The molecule has 1 atom stereocenters. The van der Waals surface area contributed by atoms with E-state index in [1.807, 2.05) is 4.90 Å². The minimum Gasteiger partial charge on any atom is -0.491 e. The summed E-state index contributed by atoms with van der Waals surface area (Å²) in [5, 5.41) is 3.65. The molecule has 1 N–H and O–H groups in total. The number of morpholine rings is 1. The van der Waals surface area contributed by atoms with Crippen molar-refractivity contribution in [3.05, 3.63) is 60.2 Å². The lowest BCUT2D eigenvalue weighted by Crippen LogP contribution is -2.49. The molecule has 4 nitrogen and oxygen atoms in total. The van der Waals surface area contributed by atoms with Crippen molar-refractivity contribution in [3.8, 4) is 5.75 Å². The van der Waals surface area contributed by atoms with Gasteiger partial charge >= 0.3 is 0 Å². The van der Waals surface area contributed by atoms with Gasteiger partial charge in [0.1, 0.15) is 30.1 Å². The molecule has 25 heavy (non-hydrogen) atoms. The molecular weight excluding hydrogens is 346 g/mol. The van der Waals surface area contributed by atoms with Crippen LogP contribution in [0.5, 0.6) is 5.75 Å². The van der Waals surface area contributed by atoms with E-state index in [4.69, 9.17) is 21.7 Å². The highest BCUT2D eigenvalue weighted by atomic mass is 32.1. The number of thiocarbonyl (C=S) groups is 1. The van der Waals surface area contributed by atoms with Crippen LogP contribution in [-0.4, -0.2) is 42.4 Å². The third kappa shape index (κ3) is 5.11. The lowest BCUT2D eigenvalue weighted by atomic mass is 10.3. The Kier molecular flexibility index (Phi) is 5.78. The molecule has 0 bridgehead atoms. The summed E-state index contributed by atoms with van der Waals surface area (Å²) < 4.78 is 37.2. The van der Waals surface area contributed by atoms with Crippen molar-refractivity contribution >= 4 is 23.0 Å². The third-order valence-corrected chi connectivity index (χ3v) is 4.13. The molecule has 0 saturated carbocycles. The summed E-state index contributed by atoms with van der Waals surface area (Å²) in [5.74, 6) is -0.000332. The van der Waals surface area contributed by atoms with Gasteiger partial charge in [0.2, 0.25) is 0 Å². The first-order valence-electron chi connectivity index (χ1n) is 7.91. The minimum absolute atomic E-state index is 0.147. The van der Waals surface area contributed by atoms with E-state index in [2.05, 4.69) is 5.32 Å². The van der Waals surface area contributed by atoms with Crippen molar-refractivity contribution in [1.82, 2.24) is 4.90 Å². The van der Waals surface area contributed by atoms with E-state index in [1.165, 1.54) is 24.3 Å². The molecule has 132 valence electrons. The number of hydrogen-bond donors (Lipinski definition) is 1. The Morgan fingerprint density at radius 1 is 1.12 bits per heavy atom. The first kappa shape index (κ1) is 17.6. The fourth-order valence-corrected chi connectivity index (χ4v) is 2.74. The van der Waals surface area contributed by atoms with Crippen molar-refractivity contribution in [3.63, 3.8) is 0 Å². The second kappa shape index (κ2) is 8.22. The van der Waals surface area contributed by atoms with Gasteiger partial charge in [0.05, 0.1) is 6.61 Å². The van der Waals surface area contributed by atoms with E-state index in [0.29, 0.717) is 37.2 Å². The van der Waals surface area contributed by atoms with Gasteiger partial charge in [0.25, 0.3) is 0 Å². The topological polar surface area (TPSA) is 33.7 Å². The van der Waals surface area contributed by atoms with Gasteiger partial charge in [-0.3, -0.25) is 0 Å². The molecule has 1 fully saturated rings. The maximum Gasteiger partial charge on any atom is 0.173 e. The van der Waals surface area contributed by atoms with Gasteiger partial charge in [-0.25, -0.2) is 8.78 Å². The largest absolute Gasteiger partial charge is 0.491 e. The van der Waals surface area contributed by atoms with Crippen LogP contribution in [0, 0.1) is 11.6 Å². The number of ether oxygens (including phenoxy) is 2. The summed E-state index contributed by atoms with van der Waals surface area (Å²) in [4.78, 5) is 1.99. The Morgan fingerprint density at radius 2 is 1.76 bits per heavy atom. The molecule has 0 aliphatic carbocycles. The predicted octanol–water partition coefficient (Wildman–Crippen LogP) is 3.44. The average molecular weight is 364 g/mol. The Balaban J connectivity index is 1.50. The highest BCUT2D eigenvalue weighted by Gasteiger charge is 2.23. The second-order valence-electron chi connectivity index (χ2n) is 5.64. The Hall–Kier alpha value is -2.25. The SMILES string of the molecule is Fc1ccc(NC(=S)N2CCOC(COc3ccc(F)cc3)C2)cc1. The van der Waals surface area contributed by atoms with Crippen LogP contribution in [0.1, 0.15) is 0 Å². The van der Waals surface area contributed by atoms with E-state index in [1.54, 1.807) is 24.3 Å². The van der Waals surface area contributed by atoms with Crippen LogP contribution in [0.25, 0.3) is 0 Å². The van der Waals surface area contributed by atoms with E-state index in [-0.39, 0.29) is 17.7 Å². The number of anilines is 1. The number of rotatable bonds is 4. The first-order valence-corrected chi connectivity index (χ1v) is 8.32. The van der Waals surface area contributed by atoms with Crippen molar-refractivity contribution in [2.75, 3.05) is 31.6 Å². The van der Waals surface area contributed by atoms with Crippen LogP contribution in [0.3, 0.4) is 0 Å². The average Bonchev–Trinajstić information content (AvgIpc) is 2.63. The number of nitrogens with zero attached hydrogens (tertiary/aromatic N) is 1. The normalized spacial score (nSPS) is 17.2. The zero-order chi connectivity index (χ0) is 17.6. The van der Waals surface area contributed by atoms with Gasteiger partial charge < -0.3 is 19.7 Å². The fourth-order valence-electron chi connectivity index (χ4n) is 2.46. The molecule has 3 rings (SSSR count). The van der Waals surface area contributed by atoms with Crippen LogP contribution in [0.4, 0.5) is 14.5 Å². The Morgan fingerprint density at radius 3 is 2.44 bits per heavy atom. The quantitative estimate of drug-likeness (QED) is 0.841. The lowest BCUT2D eigenvalue weighted by molar-refractivity contribution is -0.0280. The summed E-state index contributed by atoms with van der Waals surface area (Å²) in [6.45, 7) is 2.12. The summed E-state index contributed by atoms with van der Waals surface area (Å²) in [7, 11) is 0. The minimum atomic E-state index is -0.301. The standard InChI is InChI=1S/C18H18F2N2O2S/c19-13-1-5-15(6-2-13)21-18(25)22-9-10-23-17(11-22)12-24-16-7-3-14(20)4-8-16/h1-8,17H,9-12H2,(H,21,25). The molecule has 2 aromatic carbocycles. The maximum absolute atomic E-state index is 13.0. The maximum atomic E-state index is 13.0.